The average Bonchev–Trinajstić information content (AvgIpc) is 3.09. The van der Waals surface area contributed by atoms with E-state index in [1.54, 1.807) is 18.9 Å². The number of rotatable bonds is 10. The Morgan fingerprint density at radius 2 is 2.07 bits per heavy atom. The highest BCUT2D eigenvalue weighted by molar-refractivity contribution is 7.99. The number of carbonyl (C=O) groups excluding carboxylic acids is 2. The lowest BCUT2D eigenvalue weighted by Gasteiger charge is -2.26. The molecule has 6 nitrogen and oxygen atoms in total. The summed E-state index contributed by atoms with van der Waals surface area (Å²) < 4.78 is 5.16. The van der Waals surface area contributed by atoms with E-state index in [2.05, 4.69) is 17.1 Å². The van der Waals surface area contributed by atoms with Gasteiger partial charge in [-0.25, -0.2) is 0 Å². The first kappa shape index (κ1) is 22.7. The van der Waals surface area contributed by atoms with Gasteiger partial charge in [-0.15, -0.1) is 23.1 Å². The standard InChI is InChI=1S/C22H29N3O3S2/c1-3-11-25-12-10-17-18(14-25)30-22(20(17)21(23)27)24-19(26)5-4-13-29-16-8-6-15(28-2)7-9-16/h6-9H,3-5,10-14H2,1-2H3,(H2,23,27)(H,24,26). The summed E-state index contributed by atoms with van der Waals surface area (Å²) in [6.45, 7) is 4.95. The van der Waals surface area contributed by atoms with Crippen molar-refractivity contribution in [2.45, 2.75) is 44.0 Å². The molecular weight excluding hydrogens is 418 g/mol. The Kier molecular flexibility index (Phi) is 8.18. The molecule has 8 heteroatoms. The zero-order valence-electron chi connectivity index (χ0n) is 17.5. The van der Waals surface area contributed by atoms with Crippen molar-refractivity contribution < 1.29 is 14.3 Å². The molecular formula is C22H29N3O3S2. The quantitative estimate of drug-likeness (QED) is 0.422. The molecule has 0 bridgehead atoms. The molecule has 0 fully saturated rings. The van der Waals surface area contributed by atoms with Crippen molar-refractivity contribution in [1.29, 1.82) is 0 Å². The number of nitrogens with one attached hydrogen (secondary N) is 1. The number of carbonyl (C=O) groups is 2. The maximum Gasteiger partial charge on any atom is 0.251 e. The number of amides is 2. The molecule has 162 valence electrons. The van der Waals surface area contributed by atoms with Crippen LogP contribution in [0.3, 0.4) is 0 Å². The van der Waals surface area contributed by atoms with Crippen molar-refractivity contribution in [3.63, 3.8) is 0 Å². The van der Waals surface area contributed by atoms with Gasteiger partial charge in [-0.1, -0.05) is 6.92 Å². The zero-order valence-corrected chi connectivity index (χ0v) is 19.2. The minimum absolute atomic E-state index is 0.0724. The number of thiophene rings is 1. The largest absolute Gasteiger partial charge is 0.497 e. The SMILES string of the molecule is CCCN1CCc2c(sc(NC(=O)CCCSc3ccc(OC)cc3)c2C(N)=O)C1. The van der Waals surface area contributed by atoms with E-state index < -0.39 is 5.91 Å². The van der Waals surface area contributed by atoms with Crippen LogP contribution in [0.15, 0.2) is 29.2 Å². The number of thioether (sulfide) groups is 1. The van der Waals surface area contributed by atoms with E-state index in [1.165, 1.54) is 11.3 Å². The van der Waals surface area contributed by atoms with Gasteiger partial charge in [0, 0.05) is 29.3 Å². The Hall–Kier alpha value is -2.03. The number of nitrogens with zero attached hydrogens (tertiary/aromatic N) is 1. The molecule has 3 N–H and O–H groups in total. The van der Waals surface area contributed by atoms with Gasteiger partial charge < -0.3 is 15.8 Å². The van der Waals surface area contributed by atoms with Crippen molar-refractivity contribution in [3.8, 4) is 5.75 Å². The van der Waals surface area contributed by atoms with Gasteiger partial charge in [0.15, 0.2) is 0 Å². The van der Waals surface area contributed by atoms with Crippen molar-refractivity contribution in [2.75, 3.05) is 31.3 Å². The molecule has 3 rings (SSSR count). The second-order valence-corrected chi connectivity index (χ2v) is 9.55. The highest BCUT2D eigenvalue weighted by Crippen LogP contribution is 2.37. The Labute approximate surface area is 186 Å². The van der Waals surface area contributed by atoms with Gasteiger partial charge in [-0.2, -0.15) is 0 Å². The first-order valence-electron chi connectivity index (χ1n) is 10.2. The Morgan fingerprint density at radius 3 is 2.73 bits per heavy atom. The van der Waals surface area contributed by atoms with Crippen LogP contribution in [0.25, 0.3) is 0 Å². The predicted octanol–water partition coefficient (Wildman–Crippen LogP) is 4.13. The summed E-state index contributed by atoms with van der Waals surface area (Å²) in [4.78, 5) is 29.2. The molecule has 0 saturated carbocycles. The molecule has 0 aliphatic carbocycles. The molecule has 2 heterocycles. The molecule has 0 atom stereocenters. The minimum atomic E-state index is -0.457. The third-order valence-electron chi connectivity index (χ3n) is 5.05. The van der Waals surface area contributed by atoms with E-state index in [4.69, 9.17) is 10.5 Å². The van der Waals surface area contributed by atoms with Gasteiger partial charge in [-0.3, -0.25) is 14.5 Å². The summed E-state index contributed by atoms with van der Waals surface area (Å²) in [6, 6.07) is 7.89. The summed E-state index contributed by atoms with van der Waals surface area (Å²) >= 11 is 3.21. The van der Waals surface area contributed by atoms with Gasteiger partial charge >= 0.3 is 0 Å². The second-order valence-electron chi connectivity index (χ2n) is 7.27. The molecule has 1 aromatic heterocycles. The summed E-state index contributed by atoms with van der Waals surface area (Å²) in [5, 5.41) is 3.55. The highest BCUT2D eigenvalue weighted by atomic mass is 32.2. The number of hydrogen-bond donors (Lipinski definition) is 2. The number of primary amides is 1. The van der Waals surface area contributed by atoms with Crippen LogP contribution in [-0.4, -0.2) is 42.7 Å². The van der Waals surface area contributed by atoms with Crippen LogP contribution < -0.4 is 15.8 Å². The minimum Gasteiger partial charge on any atom is -0.497 e. The van der Waals surface area contributed by atoms with Crippen molar-refractivity contribution in [1.82, 2.24) is 4.90 Å². The van der Waals surface area contributed by atoms with Gasteiger partial charge in [0.05, 0.1) is 12.7 Å². The first-order valence-corrected chi connectivity index (χ1v) is 12.1. The smallest absolute Gasteiger partial charge is 0.251 e. The molecule has 0 spiro atoms. The fraction of sp³-hybridized carbons (Fsp3) is 0.455. The molecule has 1 aliphatic heterocycles. The van der Waals surface area contributed by atoms with E-state index in [0.29, 0.717) is 17.0 Å². The number of anilines is 1. The summed E-state index contributed by atoms with van der Waals surface area (Å²) in [6.07, 6.45) is 3.07. The van der Waals surface area contributed by atoms with Crippen LogP contribution in [0.4, 0.5) is 5.00 Å². The van der Waals surface area contributed by atoms with E-state index >= 15 is 0 Å². The van der Waals surface area contributed by atoms with Gasteiger partial charge in [-0.05, 0) is 61.4 Å². The monoisotopic (exact) mass is 447 g/mol. The summed E-state index contributed by atoms with van der Waals surface area (Å²) in [5.74, 6) is 1.15. The number of benzene rings is 1. The number of fused-ring (bicyclic) bond motifs is 1. The molecule has 2 amide bonds. The second kappa shape index (κ2) is 10.8. The first-order chi connectivity index (χ1) is 14.5. The molecule has 0 radical (unpaired) electrons. The van der Waals surface area contributed by atoms with Crippen LogP contribution in [0.2, 0.25) is 0 Å². The predicted molar refractivity (Wildman–Crippen MR) is 124 cm³/mol. The van der Waals surface area contributed by atoms with Crippen LogP contribution in [0.5, 0.6) is 5.75 Å². The van der Waals surface area contributed by atoms with Crippen LogP contribution in [0, 0.1) is 0 Å². The summed E-state index contributed by atoms with van der Waals surface area (Å²) in [5.41, 5.74) is 7.17. The van der Waals surface area contributed by atoms with Crippen molar-refractivity contribution in [2.24, 2.45) is 5.73 Å². The fourth-order valence-corrected chi connectivity index (χ4v) is 5.76. The molecule has 1 aromatic carbocycles. The third kappa shape index (κ3) is 5.77. The molecule has 1 aliphatic rings. The highest BCUT2D eigenvalue weighted by Gasteiger charge is 2.27. The number of nitrogens with two attached hydrogens (primary N) is 1. The molecule has 2 aromatic rings. The van der Waals surface area contributed by atoms with E-state index in [1.807, 2.05) is 24.3 Å². The van der Waals surface area contributed by atoms with E-state index in [0.717, 1.165) is 65.7 Å². The third-order valence-corrected chi connectivity index (χ3v) is 7.28. The maximum atomic E-state index is 12.5. The fourth-order valence-electron chi connectivity index (χ4n) is 3.60. The number of methoxy groups -OCH3 is 1. The van der Waals surface area contributed by atoms with Gasteiger partial charge in [0.1, 0.15) is 10.8 Å². The van der Waals surface area contributed by atoms with E-state index in [9.17, 15) is 9.59 Å². The maximum absolute atomic E-state index is 12.5. The van der Waals surface area contributed by atoms with Crippen LogP contribution in [0.1, 0.15) is 47.0 Å². The van der Waals surface area contributed by atoms with Gasteiger partial charge in [0.25, 0.3) is 5.91 Å². The lowest BCUT2D eigenvalue weighted by atomic mass is 10.0. The normalized spacial score (nSPS) is 13.7. The van der Waals surface area contributed by atoms with Crippen molar-refractivity contribution in [3.05, 3.63) is 40.3 Å². The molecule has 0 unspecified atom stereocenters. The van der Waals surface area contributed by atoms with Crippen LogP contribution in [-0.2, 0) is 17.8 Å². The lowest BCUT2D eigenvalue weighted by Crippen LogP contribution is -2.31. The molecule has 0 saturated heterocycles. The Balaban J connectivity index is 1.53. The number of ether oxygens (including phenoxy) is 1. The van der Waals surface area contributed by atoms with Gasteiger partial charge in [0.2, 0.25) is 5.91 Å². The number of hydrogen-bond acceptors (Lipinski definition) is 6. The van der Waals surface area contributed by atoms with Crippen LogP contribution >= 0.6 is 23.1 Å². The zero-order chi connectivity index (χ0) is 21.5. The Morgan fingerprint density at radius 1 is 1.30 bits per heavy atom. The molecule has 30 heavy (non-hydrogen) atoms. The Bertz CT molecular complexity index is 880. The van der Waals surface area contributed by atoms with E-state index in [-0.39, 0.29) is 5.91 Å². The van der Waals surface area contributed by atoms with Crippen molar-refractivity contribution >= 4 is 39.9 Å². The average molecular weight is 448 g/mol. The topological polar surface area (TPSA) is 84.7 Å². The summed E-state index contributed by atoms with van der Waals surface area (Å²) in [7, 11) is 1.65. The lowest BCUT2D eigenvalue weighted by molar-refractivity contribution is -0.116.